The quantitative estimate of drug-likeness (QED) is 0.224. The van der Waals surface area contributed by atoms with Crippen molar-refractivity contribution in [1.29, 1.82) is 0 Å². The molecule has 30 heavy (non-hydrogen) atoms. The summed E-state index contributed by atoms with van der Waals surface area (Å²) in [5.41, 5.74) is 4.21. The third kappa shape index (κ3) is 3.02. The number of benzene rings is 2. The van der Waals surface area contributed by atoms with Crippen molar-refractivity contribution in [3.8, 4) is 5.88 Å². The molecule has 0 atom stereocenters. The first-order chi connectivity index (χ1) is 14.7. The van der Waals surface area contributed by atoms with Gasteiger partial charge in [0.1, 0.15) is 5.39 Å². The molecule has 3 heterocycles. The van der Waals surface area contributed by atoms with Gasteiger partial charge in [0.2, 0.25) is 5.88 Å². The maximum absolute atomic E-state index is 5.43. The highest BCUT2D eigenvalue weighted by Crippen LogP contribution is 2.30. The van der Waals surface area contributed by atoms with Crippen LogP contribution >= 0.6 is 11.8 Å². The second-order valence-corrected chi connectivity index (χ2v) is 7.90. The Hall–Kier alpha value is -3.32. The van der Waals surface area contributed by atoms with Gasteiger partial charge in [-0.1, -0.05) is 54.7 Å². The summed E-state index contributed by atoms with van der Waals surface area (Å²) in [6, 6.07) is 17.0. The number of allylic oxidation sites excluding steroid dienone is 1. The lowest BCUT2D eigenvalue weighted by atomic mass is 10.2. The van der Waals surface area contributed by atoms with Gasteiger partial charge in [-0.15, -0.1) is 0 Å². The average molecular weight is 416 g/mol. The summed E-state index contributed by atoms with van der Waals surface area (Å²) in [4.78, 5) is 9.05. The van der Waals surface area contributed by atoms with Crippen molar-refractivity contribution in [2.24, 2.45) is 0 Å². The minimum Gasteiger partial charge on any atom is -0.480 e. The monoisotopic (exact) mass is 415 g/mol. The molecule has 0 amide bonds. The van der Waals surface area contributed by atoms with Gasteiger partial charge in [-0.05, 0) is 24.0 Å². The van der Waals surface area contributed by atoms with E-state index in [9.17, 15) is 0 Å². The number of hydrogen-bond donors (Lipinski definition) is 0. The van der Waals surface area contributed by atoms with Crippen molar-refractivity contribution in [2.45, 2.75) is 18.2 Å². The Balaban J connectivity index is 1.51. The van der Waals surface area contributed by atoms with Crippen LogP contribution in [0, 0.1) is 0 Å². The number of para-hydroxylation sites is 2. The van der Waals surface area contributed by atoms with Crippen LogP contribution in [0.3, 0.4) is 0 Å². The highest BCUT2D eigenvalue weighted by molar-refractivity contribution is 7.98. The van der Waals surface area contributed by atoms with E-state index in [0.29, 0.717) is 24.1 Å². The number of rotatable bonds is 6. The van der Waals surface area contributed by atoms with Gasteiger partial charge in [0.15, 0.2) is 10.8 Å². The van der Waals surface area contributed by atoms with Crippen molar-refractivity contribution in [2.75, 3.05) is 13.4 Å². The number of aromatic nitrogens is 5. The summed E-state index contributed by atoms with van der Waals surface area (Å²) >= 11 is 1.48. The highest BCUT2D eigenvalue weighted by Gasteiger charge is 2.15. The Kier molecular flexibility index (Phi) is 4.67. The molecule has 7 heteroatoms. The fourth-order valence-corrected chi connectivity index (χ4v) is 4.28. The number of hydrogen-bond acceptors (Lipinski definition) is 5. The molecule has 0 aliphatic rings. The van der Waals surface area contributed by atoms with Crippen molar-refractivity contribution < 1.29 is 4.74 Å². The molecule has 150 valence electrons. The van der Waals surface area contributed by atoms with Crippen LogP contribution in [-0.4, -0.2) is 37.7 Å². The van der Waals surface area contributed by atoms with E-state index in [4.69, 9.17) is 4.74 Å². The minimum atomic E-state index is 0.545. The van der Waals surface area contributed by atoms with Gasteiger partial charge in [-0.25, -0.2) is 9.67 Å². The second kappa shape index (κ2) is 7.50. The summed E-state index contributed by atoms with van der Waals surface area (Å²) in [5.74, 6) is 0.545. The Morgan fingerprint density at radius 2 is 1.63 bits per heavy atom. The zero-order valence-electron chi connectivity index (χ0n) is 16.9. The first kappa shape index (κ1) is 18.7. The molecule has 0 unspecified atom stereocenters. The fourth-order valence-electron chi connectivity index (χ4n) is 3.93. The van der Waals surface area contributed by atoms with Crippen LogP contribution in [0.4, 0.5) is 0 Å². The van der Waals surface area contributed by atoms with Crippen LogP contribution in [0.2, 0.25) is 0 Å². The molecule has 5 aromatic rings. The molecule has 0 saturated heterocycles. The molecule has 0 spiro atoms. The summed E-state index contributed by atoms with van der Waals surface area (Å²) < 4.78 is 9.62. The lowest BCUT2D eigenvalue weighted by Crippen LogP contribution is -2.09. The Morgan fingerprint density at radius 1 is 0.967 bits per heavy atom. The van der Waals surface area contributed by atoms with Gasteiger partial charge in [0.25, 0.3) is 0 Å². The first-order valence-corrected chi connectivity index (χ1v) is 10.9. The Bertz CT molecular complexity index is 1350. The zero-order valence-corrected chi connectivity index (χ0v) is 17.7. The molecular formula is C23H21N5OS. The molecule has 0 aliphatic heterocycles. The molecule has 6 nitrogen and oxygen atoms in total. The summed E-state index contributed by atoms with van der Waals surface area (Å²) in [6.45, 7) is 5.62. The van der Waals surface area contributed by atoms with Crippen LogP contribution in [-0.2, 0) is 13.1 Å². The lowest BCUT2D eigenvalue weighted by Gasteiger charge is -2.11. The summed E-state index contributed by atoms with van der Waals surface area (Å²) in [7, 11) is 1.62. The van der Waals surface area contributed by atoms with Crippen LogP contribution in [0.1, 0.15) is 0 Å². The number of fused-ring (bicyclic) bond motifs is 4. The van der Waals surface area contributed by atoms with E-state index in [1.807, 2.05) is 10.9 Å². The number of thioether (sulfide) groups is 1. The normalized spacial score (nSPS) is 11.5. The lowest BCUT2D eigenvalue weighted by molar-refractivity contribution is 0.398. The van der Waals surface area contributed by atoms with Gasteiger partial charge in [-0.3, -0.25) is 0 Å². The Morgan fingerprint density at radius 3 is 2.27 bits per heavy atom. The predicted octanol–water partition coefficient (Wildman–Crippen LogP) is 4.92. The number of nitrogens with zero attached hydrogens (tertiary/aromatic N) is 5. The minimum absolute atomic E-state index is 0.545. The molecule has 0 fully saturated rings. The summed E-state index contributed by atoms with van der Waals surface area (Å²) in [5, 5.41) is 8.51. The predicted molar refractivity (Wildman–Crippen MR) is 122 cm³/mol. The first-order valence-electron chi connectivity index (χ1n) is 9.63. The van der Waals surface area contributed by atoms with Gasteiger partial charge in [0, 0.05) is 28.4 Å². The van der Waals surface area contributed by atoms with Crippen LogP contribution in [0.15, 0.2) is 72.0 Å². The second-order valence-electron chi connectivity index (χ2n) is 7.13. The van der Waals surface area contributed by atoms with E-state index in [1.165, 1.54) is 33.6 Å². The van der Waals surface area contributed by atoms with E-state index < -0.39 is 0 Å². The molecule has 0 radical (unpaired) electrons. The van der Waals surface area contributed by atoms with Gasteiger partial charge in [-0.2, -0.15) is 10.1 Å². The topological polar surface area (TPSA) is 57.8 Å². The molecule has 3 aromatic heterocycles. The van der Waals surface area contributed by atoms with Crippen molar-refractivity contribution >= 4 is 44.6 Å². The SMILES string of the molecule is C=C(Cn1ncc2c(OC)nc(SC)nc21)Cn1c2ccccc2c2ccccc21. The number of methoxy groups -OCH3 is 1. The molecule has 5 rings (SSSR count). The molecule has 0 saturated carbocycles. The largest absolute Gasteiger partial charge is 0.480 e. The zero-order chi connectivity index (χ0) is 20.7. The van der Waals surface area contributed by atoms with E-state index in [2.05, 4.69) is 74.7 Å². The molecular weight excluding hydrogens is 394 g/mol. The third-order valence-electron chi connectivity index (χ3n) is 5.25. The molecule has 0 N–H and O–H groups in total. The van der Waals surface area contributed by atoms with Gasteiger partial charge in [0.05, 0.1) is 19.9 Å². The maximum Gasteiger partial charge on any atom is 0.228 e. The standard InChI is InChI=1S/C23H21N5OS/c1-15(14-28-21-18(12-24-28)22(29-2)26-23(25-21)30-3)13-27-19-10-6-4-8-16(19)17-9-5-7-11-20(17)27/h4-12H,1,13-14H2,2-3H3. The van der Waals surface area contributed by atoms with Crippen molar-refractivity contribution in [3.05, 3.63) is 66.9 Å². The van der Waals surface area contributed by atoms with Gasteiger partial charge >= 0.3 is 0 Å². The van der Waals surface area contributed by atoms with E-state index in [0.717, 1.165) is 16.6 Å². The van der Waals surface area contributed by atoms with E-state index in [-0.39, 0.29) is 0 Å². The molecule has 0 bridgehead atoms. The fraction of sp³-hybridized carbons (Fsp3) is 0.174. The third-order valence-corrected chi connectivity index (χ3v) is 5.80. The maximum atomic E-state index is 5.43. The number of ether oxygens (including phenoxy) is 1. The summed E-state index contributed by atoms with van der Waals surface area (Å²) in [6.07, 6.45) is 3.70. The molecule has 0 aliphatic carbocycles. The van der Waals surface area contributed by atoms with Gasteiger partial charge < -0.3 is 9.30 Å². The van der Waals surface area contributed by atoms with E-state index in [1.54, 1.807) is 13.3 Å². The smallest absolute Gasteiger partial charge is 0.228 e. The van der Waals surface area contributed by atoms with E-state index >= 15 is 0 Å². The molecule has 2 aromatic carbocycles. The highest BCUT2D eigenvalue weighted by atomic mass is 32.2. The average Bonchev–Trinajstić information content (AvgIpc) is 3.33. The van der Waals surface area contributed by atoms with Crippen molar-refractivity contribution in [3.63, 3.8) is 0 Å². The Labute approximate surface area is 178 Å². The van der Waals surface area contributed by atoms with Crippen LogP contribution < -0.4 is 4.74 Å². The van der Waals surface area contributed by atoms with Crippen LogP contribution in [0.25, 0.3) is 32.8 Å². The van der Waals surface area contributed by atoms with Crippen LogP contribution in [0.5, 0.6) is 5.88 Å². The van der Waals surface area contributed by atoms with Crippen molar-refractivity contribution in [1.82, 2.24) is 24.3 Å².